The van der Waals surface area contributed by atoms with Crippen LogP contribution < -0.4 is 4.90 Å². The van der Waals surface area contributed by atoms with E-state index in [9.17, 15) is 9.59 Å². The highest BCUT2D eigenvalue weighted by molar-refractivity contribution is 6.19. The van der Waals surface area contributed by atoms with Crippen molar-refractivity contribution >= 4 is 17.5 Å². The van der Waals surface area contributed by atoms with Crippen LogP contribution in [0.5, 0.6) is 0 Å². The van der Waals surface area contributed by atoms with E-state index in [1.807, 2.05) is 0 Å². The van der Waals surface area contributed by atoms with Crippen LogP contribution in [0.15, 0.2) is 24.3 Å². The van der Waals surface area contributed by atoms with Crippen molar-refractivity contribution in [1.29, 1.82) is 0 Å². The largest absolute Gasteiger partial charge is 0.312 e. The Balaban J connectivity index is 2.25. The molecule has 1 aliphatic rings. The smallest absolute Gasteiger partial charge is 0.239 e. The molecule has 0 aromatic heterocycles. The van der Waals surface area contributed by atoms with Gasteiger partial charge in [-0.25, -0.2) is 6.57 Å². The molecule has 2 rings (SSSR count). The number of hydrogen-bond donors (Lipinski definition) is 0. The topological polar surface area (TPSA) is 41.7 Å². The van der Waals surface area contributed by atoms with E-state index in [2.05, 4.69) is 4.85 Å². The zero-order valence-corrected chi connectivity index (χ0v) is 8.64. The summed E-state index contributed by atoms with van der Waals surface area (Å²) in [4.78, 5) is 27.4. The molecule has 0 saturated carbocycles. The lowest BCUT2D eigenvalue weighted by molar-refractivity contribution is -0.121. The molecule has 1 fully saturated rings. The number of imide groups is 1. The first-order chi connectivity index (χ1) is 7.72. The summed E-state index contributed by atoms with van der Waals surface area (Å²) in [5, 5.41) is 0. The zero-order valence-electron chi connectivity index (χ0n) is 8.64. The number of amides is 2. The Morgan fingerprint density at radius 3 is 2.19 bits per heavy atom. The van der Waals surface area contributed by atoms with Gasteiger partial charge in [0.25, 0.3) is 0 Å². The fourth-order valence-corrected chi connectivity index (χ4v) is 1.71. The molecule has 0 spiro atoms. The van der Waals surface area contributed by atoms with Gasteiger partial charge in [-0.05, 0) is 24.3 Å². The Bertz CT molecular complexity index is 455. The van der Waals surface area contributed by atoms with E-state index in [-0.39, 0.29) is 11.8 Å². The molecule has 0 aliphatic carbocycles. The Kier molecular flexibility index (Phi) is 2.69. The lowest BCUT2D eigenvalue weighted by Gasteiger charge is -2.13. The van der Waals surface area contributed by atoms with Crippen LogP contribution in [-0.4, -0.2) is 11.8 Å². The molecule has 4 heteroatoms. The maximum atomic E-state index is 11.5. The summed E-state index contributed by atoms with van der Waals surface area (Å²) in [5.41, 5.74) is 1.49. The van der Waals surface area contributed by atoms with Crippen molar-refractivity contribution in [1.82, 2.24) is 0 Å². The van der Waals surface area contributed by atoms with Crippen LogP contribution in [0.3, 0.4) is 0 Å². The third-order valence-corrected chi connectivity index (χ3v) is 2.51. The number of carbonyl (C=O) groups excluding carboxylic acids is 2. The summed E-state index contributed by atoms with van der Waals surface area (Å²) in [7, 11) is 0. The maximum Gasteiger partial charge on any atom is 0.239 e. The SMILES string of the molecule is [C-]#[N+]Cc1ccc(N2C(=O)CCC2=O)cc1. The highest BCUT2D eigenvalue weighted by Crippen LogP contribution is 2.22. The van der Waals surface area contributed by atoms with Gasteiger partial charge < -0.3 is 4.85 Å². The number of carbonyl (C=O) groups is 2. The molecular weight excluding hydrogens is 204 g/mol. The third-order valence-electron chi connectivity index (χ3n) is 2.51. The number of anilines is 1. The summed E-state index contributed by atoms with van der Waals surface area (Å²) in [6.45, 7) is 7.05. The summed E-state index contributed by atoms with van der Waals surface area (Å²) in [6.07, 6.45) is 0.589. The van der Waals surface area contributed by atoms with Crippen LogP contribution in [0.2, 0.25) is 0 Å². The molecule has 1 heterocycles. The summed E-state index contributed by atoms with van der Waals surface area (Å²) < 4.78 is 0. The standard InChI is InChI=1S/C12H10N2O2/c1-13-8-9-2-4-10(5-3-9)14-11(15)6-7-12(14)16/h2-5H,6-8H2. The molecule has 0 atom stereocenters. The molecular formula is C12H10N2O2. The monoisotopic (exact) mass is 214 g/mol. The Morgan fingerprint density at radius 1 is 1.12 bits per heavy atom. The van der Waals surface area contributed by atoms with Gasteiger partial charge in [-0.2, -0.15) is 0 Å². The van der Waals surface area contributed by atoms with Gasteiger partial charge in [0, 0.05) is 18.4 Å². The van der Waals surface area contributed by atoms with Crippen LogP contribution in [0.25, 0.3) is 4.85 Å². The van der Waals surface area contributed by atoms with E-state index >= 15 is 0 Å². The van der Waals surface area contributed by atoms with Crippen molar-refractivity contribution in [2.24, 2.45) is 0 Å². The van der Waals surface area contributed by atoms with Gasteiger partial charge in [0.2, 0.25) is 18.4 Å². The fourth-order valence-electron chi connectivity index (χ4n) is 1.71. The number of nitrogens with zero attached hydrogens (tertiary/aromatic N) is 2. The predicted octanol–water partition coefficient (Wildman–Crippen LogP) is 1.76. The van der Waals surface area contributed by atoms with E-state index in [4.69, 9.17) is 6.57 Å². The average Bonchev–Trinajstić information content (AvgIpc) is 2.61. The average molecular weight is 214 g/mol. The summed E-state index contributed by atoms with van der Waals surface area (Å²) in [5.74, 6) is -0.300. The van der Waals surface area contributed by atoms with Crippen molar-refractivity contribution < 1.29 is 9.59 Å². The molecule has 0 radical (unpaired) electrons. The van der Waals surface area contributed by atoms with Gasteiger partial charge in [-0.3, -0.25) is 14.5 Å². The molecule has 80 valence electrons. The van der Waals surface area contributed by atoms with Crippen LogP contribution >= 0.6 is 0 Å². The van der Waals surface area contributed by atoms with Crippen LogP contribution in [-0.2, 0) is 16.1 Å². The highest BCUT2D eigenvalue weighted by Gasteiger charge is 2.29. The predicted molar refractivity (Wildman–Crippen MR) is 58.5 cm³/mol. The lowest BCUT2D eigenvalue weighted by Crippen LogP contribution is -2.28. The number of rotatable bonds is 2. The van der Waals surface area contributed by atoms with Crippen molar-refractivity contribution in [3.63, 3.8) is 0 Å². The second-order valence-electron chi connectivity index (χ2n) is 3.61. The van der Waals surface area contributed by atoms with Crippen molar-refractivity contribution in [3.8, 4) is 0 Å². The number of benzene rings is 1. The van der Waals surface area contributed by atoms with Gasteiger partial charge in [-0.1, -0.05) is 0 Å². The van der Waals surface area contributed by atoms with Gasteiger partial charge in [-0.15, -0.1) is 0 Å². The maximum absolute atomic E-state index is 11.5. The van der Waals surface area contributed by atoms with E-state index in [0.29, 0.717) is 25.1 Å². The van der Waals surface area contributed by atoms with E-state index in [1.54, 1.807) is 24.3 Å². The Morgan fingerprint density at radius 2 is 1.69 bits per heavy atom. The molecule has 0 bridgehead atoms. The molecule has 16 heavy (non-hydrogen) atoms. The second kappa shape index (κ2) is 4.15. The van der Waals surface area contributed by atoms with Gasteiger partial charge in [0.15, 0.2) is 0 Å². The normalized spacial score (nSPS) is 15.3. The van der Waals surface area contributed by atoms with E-state index in [1.165, 1.54) is 4.90 Å². The first-order valence-corrected chi connectivity index (χ1v) is 5.00. The molecule has 2 amide bonds. The van der Waals surface area contributed by atoms with Gasteiger partial charge in [0.1, 0.15) is 0 Å². The second-order valence-corrected chi connectivity index (χ2v) is 3.61. The lowest BCUT2D eigenvalue weighted by atomic mass is 10.2. The van der Waals surface area contributed by atoms with Gasteiger partial charge in [0.05, 0.1) is 5.69 Å². The minimum absolute atomic E-state index is 0.150. The molecule has 1 aromatic carbocycles. The Hall–Kier alpha value is -2.15. The third kappa shape index (κ3) is 1.80. The van der Waals surface area contributed by atoms with Crippen LogP contribution in [0.4, 0.5) is 5.69 Å². The zero-order chi connectivity index (χ0) is 11.5. The molecule has 1 aliphatic heterocycles. The van der Waals surface area contributed by atoms with E-state index in [0.717, 1.165) is 5.56 Å². The molecule has 0 N–H and O–H groups in total. The quantitative estimate of drug-likeness (QED) is 0.556. The molecule has 0 unspecified atom stereocenters. The summed E-state index contributed by atoms with van der Waals surface area (Å²) in [6, 6.07) is 6.96. The van der Waals surface area contributed by atoms with Crippen molar-refractivity contribution in [2.75, 3.05) is 4.90 Å². The first kappa shape index (κ1) is 10.4. The molecule has 1 aromatic rings. The fraction of sp³-hybridized carbons (Fsp3) is 0.250. The molecule has 4 nitrogen and oxygen atoms in total. The van der Waals surface area contributed by atoms with Crippen LogP contribution in [0.1, 0.15) is 18.4 Å². The highest BCUT2D eigenvalue weighted by atomic mass is 16.2. The van der Waals surface area contributed by atoms with Crippen molar-refractivity contribution in [2.45, 2.75) is 19.4 Å². The van der Waals surface area contributed by atoms with Crippen LogP contribution in [0, 0.1) is 6.57 Å². The Labute approximate surface area is 93.3 Å². The van der Waals surface area contributed by atoms with E-state index < -0.39 is 0 Å². The first-order valence-electron chi connectivity index (χ1n) is 5.00. The minimum atomic E-state index is -0.150. The van der Waals surface area contributed by atoms with Gasteiger partial charge >= 0.3 is 0 Å². The van der Waals surface area contributed by atoms with Crippen molar-refractivity contribution in [3.05, 3.63) is 41.2 Å². The molecule has 1 saturated heterocycles. The minimum Gasteiger partial charge on any atom is -0.312 e. The number of hydrogen-bond acceptors (Lipinski definition) is 2. The summed E-state index contributed by atoms with van der Waals surface area (Å²) >= 11 is 0.